The van der Waals surface area contributed by atoms with Crippen LogP contribution in [0.5, 0.6) is 0 Å². The molecular weight excluding hydrogens is 404 g/mol. The number of rotatable bonds is 6. The first kappa shape index (κ1) is 23.5. The van der Waals surface area contributed by atoms with Gasteiger partial charge in [-0.1, -0.05) is 50.2 Å². The quantitative estimate of drug-likeness (QED) is 0.579. The van der Waals surface area contributed by atoms with Gasteiger partial charge in [0.2, 0.25) is 0 Å². The standard InChI is InChI=1S/C26H32N2O4/c1-17(2)15-28-22(14-27-25(31)32-26(3,4)5)23(19-9-7-6-8-10-19)21-13-18(16-29)11-12-20(21)24(28)30/h6-13,17,29H,14-16H2,1-5H3,(H,27,31). The minimum atomic E-state index is -0.622. The maximum Gasteiger partial charge on any atom is 0.407 e. The first-order valence-corrected chi connectivity index (χ1v) is 10.9. The van der Waals surface area contributed by atoms with Crippen LogP contribution in [0.4, 0.5) is 4.79 Å². The van der Waals surface area contributed by atoms with Crippen molar-refractivity contribution < 1.29 is 14.6 Å². The first-order chi connectivity index (χ1) is 15.1. The number of fused-ring (bicyclic) bond motifs is 1. The smallest absolute Gasteiger partial charge is 0.407 e. The van der Waals surface area contributed by atoms with Crippen LogP contribution in [0.1, 0.15) is 45.9 Å². The van der Waals surface area contributed by atoms with Gasteiger partial charge in [0.05, 0.1) is 13.2 Å². The fraction of sp³-hybridized carbons (Fsp3) is 0.385. The highest BCUT2D eigenvalue weighted by Crippen LogP contribution is 2.32. The number of carbonyl (C=O) groups excluding carboxylic acids is 1. The highest BCUT2D eigenvalue weighted by atomic mass is 16.6. The maximum absolute atomic E-state index is 13.5. The van der Waals surface area contributed by atoms with Crippen molar-refractivity contribution in [3.05, 3.63) is 70.1 Å². The molecule has 0 bridgehead atoms. The summed E-state index contributed by atoms with van der Waals surface area (Å²) in [5.74, 6) is 0.228. The van der Waals surface area contributed by atoms with Crippen molar-refractivity contribution >= 4 is 16.9 Å². The number of carbonyl (C=O) groups is 1. The van der Waals surface area contributed by atoms with Crippen LogP contribution in [0.25, 0.3) is 21.9 Å². The van der Waals surface area contributed by atoms with Gasteiger partial charge in [-0.05, 0) is 55.3 Å². The Morgan fingerprint density at radius 2 is 1.78 bits per heavy atom. The molecule has 0 spiro atoms. The third-order valence-corrected chi connectivity index (χ3v) is 5.04. The van der Waals surface area contributed by atoms with Gasteiger partial charge in [-0.15, -0.1) is 0 Å². The predicted octanol–water partition coefficient (Wildman–Crippen LogP) is 4.84. The number of amides is 1. The lowest BCUT2D eigenvalue weighted by Crippen LogP contribution is -2.35. The molecule has 0 unspecified atom stereocenters. The van der Waals surface area contributed by atoms with Crippen molar-refractivity contribution in [2.24, 2.45) is 5.92 Å². The number of nitrogens with zero attached hydrogens (tertiary/aromatic N) is 1. The van der Waals surface area contributed by atoms with E-state index in [-0.39, 0.29) is 24.6 Å². The zero-order valence-corrected chi connectivity index (χ0v) is 19.4. The molecule has 1 aromatic heterocycles. The maximum atomic E-state index is 13.5. The second kappa shape index (κ2) is 9.57. The van der Waals surface area contributed by atoms with Crippen molar-refractivity contribution in [1.82, 2.24) is 9.88 Å². The first-order valence-electron chi connectivity index (χ1n) is 10.9. The van der Waals surface area contributed by atoms with Crippen LogP contribution in [-0.4, -0.2) is 21.4 Å². The number of ether oxygens (including phenoxy) is 1. The molecule has 0 radical (unpaired) electrons. The molecule has 0 atom stereocenters. The number of alkyl carbamates (subject to hydrolysis) is 1. The van der Waals surface area contributed by atoms with Crippen LogP contribution < -0.4 is 10.9 Å². The fourth-order valence-corrected chi connectivity index (χ4v) is 3.78. The molecule has 0 aliphatic heterocycles. The summed E-state index contributed by atoms with van der Waals surface area (Å²) < 4.78 is 7.17. The number of aromatic nitrogens is 1. The van der Waals surface area contributed by atoms with E-state index in [9.17, 15) is 14.7 Å². The second-order valence-electron chi connectivity index (χ2n) is 9.39. The minimum absolute atomic E-state index is 0.112. The van der Waals surface area contributed by atoms with Crippen LogP contribution in [0, 0.1) is 5.92 Å². The molecule has 0 saturated heterocycles. The normalized spacial score (nSPS) is 11.7. The number of pyridine rings is 1. The van der Waals surface area contributed by atoms with E-state index in [1.165, 1.54) is 0 Å². The Balaban J connectivity index is 2.27. The lowest BCUT2D eigenvalue weighted by molar-refractivity contribution is 0.0522. The molecule has 0 aliphatic carbocycles. The molecule has 6 heteroatoms. The summed E-state index contributed by atoms with van der Waals surface area (Å²) in [4.78, 5) is 25.9. The summed E-state index contributed by atoms with van der Waals surface area (Å²) in [6.45, 7) is 10.1. The van der Waals surface area contributed by atoms with Gasteiger partial charge in [0.25, 0.3) is 5.56 Å². The summed E-state index contributed by atoms with van der Waals surface area (Å²) in [5, 5.41) is 13.9. The number of aliphatic hydroxyl groups is 1. The molecule has 32 heavy (non-hydrogen) atoms. The predicted molar refractivity (Wildman–Crippen MR) is 127 cm³/mol. The number of aliphatic hydroxyl groups excluding tert-OH is 1. The average molecular weight is 437 g/mol. The third-order valence-electron chi connectivity index (χ3n) is 5.04. The topological polar surface area (TPSA) is 80.6 Å². The number of nitrogens with one attached hydrogen (secondary N) is 1. The summed E-state index contributed by atoms with van der Waals surface area (Å²) in [5.41, 5.74) is 2.51. The van der Waals surface area contributed by atoms with Crippen LogP contribution in [0.3, 0.4) is 0 Å². The molecular formula is C26H32N2O4. The molecule has 0 fully saturated rings. The Morgan fingerprint density at radius 1 is 1.09 bits per heavy atom. The Labute approximate surface area is 188 Å². The molecule has 1 heterocycles. The zero-order valence-electron chi connectivity index (χ0n) is 19.4. The van der Waals surface area contributed by atoms with E-state index in [1.807, 2.05) is 57.2 Å². The van der Waals surface area contributed by atoms with Crippen LogP contribution in [-0.2, 0) is 24.4 Å². The lowest BCUT2D eigenvalue weighted by atomic mass is 9.95. The molecule has 170 valence electrons. The summed E-state index contributed by atoms with van der Waals surface area (Å²) in [7, 11) is 0. The lowest BCUT2D eigenvalue weighted by Gasteiger charge is -2.23. The Morgan fingerprint density at radius 3 is 2.38 bits per heavy atom. The second-order valence-corrected chi connectivity index (χ2v) is 9.39. The fourth-order valence-electron chi connectivity index (χ4n) is 3.78. The van der Waals surface area contributed by atoms with Gasteiger partial charge in [-0.3, -0.25) is 4.79 Å². The van der Waals surface area contributed by atoms with Gasteiger partial charge in [-0.2, -0.15) is 0 Å². The molecule has 2 aromatic carbocycles. The van der Waals surface area contributed by atoms with E-state index in [2.05, 4.69) is 19.2 Å². The number of hydrogen-bond donors (Lipinski definition) is 2. The van der Waals surface area contributed by atoms with Crippen LogP contribution >= 0.6 is 0 Å². The largest absolute Gasteiger partial charge is 0.444 e. The van der Waals surface area contributed by atoms with Crippen LogP contribution in [0.2, 0.25) is 0 Å². The SMILES string of the molecule is CC(C)Cn1c(CNC(=O)OC(C)(C)C)c(-c2ccccc2)c2cc(CO)ccc2c1=O. The molecule has 6 nitrogen and oxygen atoms in total. The molecule has 3 aromatic rings. The van der Waals surface area contributed by atoms with Gasteiger partial charge in [0, 0.05) is 23.2 Å². The minimum Gasteiger partial charge on any atom is -0.444 e. The molecule has 0 saturated carbocycles. The van der Waals surface area contributed by atoms with Crippen molar-refractivity contribution in [3.8, 4) is 11.1 Å². The van der Waals surface area contributed by atoms with Gasteiger partial charge >= 0.3 is 6.09 Å². The van der Waals surface area contributed by atoms with Crippen molar-refractivity contribution in [2.75, 3.05) is 0 Å². The van der Waals surface area contributed by atoms with Gasteiger partial charge in [-0.25, -0.2) is 4.79 Å². The Hall–Kier alpha value is -3.12. The van der Waals surface area contributed by atoms with Gasteiger partial charge < -0.3 is 19.7 Å². The number of benzene rings is 2. The summed E-state index contributed by atoms with van der Waals surface area (Å²) in [6.07, 6.45) is -0.538. The van der Waals surface area contributed by atoms with E-state index in [4.69, 9.17) is 4.74 Å². The van der Waals surface area contributed by atoms with Crippen LogP contribution in [0.15, 0.2) is 53.3 Å². The molecule has 0 aliphatic rings. The molecule has 2 N–H and O–H groups in total. The Kier molecular flexibility index (Phi) is 7.04. The van der Waals surface area contributed by atoms with E-state index in [0.717, 1.165) is 22.1 Å². The van der Waals surface area contributed by atoms with Gasteiger partial charge in [0.1, 0.15) is 5.60 Å². The van der Waals surface area contributed by atoms with E-state index in [1.54, 1.807) is 16.7 Å². The monoisotopic (exact) mass is 436 g/mol. The zero-order chi connectivity index (χ0) is 23.5. The average Bonchev–Trinajstić information content (AvgIpc) is 2.73. The third kappa shape index (κ3) is 5.37. The van der Waals surface area contributed by atoms with E-state index in [0.29, 0.717) is 17.6 Å². The van der Waals surface area contributed by atoms with Crippen molar-refractivity contribution in [1.29, 1.82) is 0 Å². The summed E-state index contributed by atoms with van der Waals surface area (Å²) in [6, 6.07) is 15.2. The van der Waals surface area contributed by atoms with E-state index < -0.39 is 11.7 Å². The summed E-state index contributed by atoms with van der Waals surface area (Å²) >= 11 is 0. The molecule has 3 rings (SSSR count). The molecule has 1 amide bonds. The van der Waals surface area contributed by atoms with Crippen molar-refractivity contribution in [2.45, 2.75) is 59.9 Å². The highest BCUT2D eigenvalue weighted by molar-refractivity contribution is 5.97. The number of hydrogen-bond acceptors (Lipinski definition) is 4. The van der Waals surface area contributed by atoms with E-state index >= 15 is 0 Å². The van der Waals surface area contributed by atoms with Gasteiger partial charge in [0.15, 0.2) is 0 Å². The Bertz CT molecular complexity index is 1160. The highest BCUT2D eigenvalue weighted by Gasteiger charge is 2.21. The van der Waals surface area contributed by atoms with Crippen molar-refractivity contribution in [3.63, 3.8) is 0 Å².